The Morgan fingerprint density at radius 3 is 2.46 bits per heavy atom. The quantitative estimate of drug-likeness (QED) is 0.720. The highest BCUT2D eigenvalue weighted by Gasteiger charge is 2.13. The van der Waals surface area contributed by atoms with E-state index in [9.17, 15) is 14.7 Å². The second-order valence-corrected chi connectivity index (χ2v) is 6.16. The number of nitrogens with one attached hydrogen (secondary N) is 1. The van der Waals surface area contributed by atoms with Crippen molar-refractivity contribution in [3.8, 4) is 0 Å². The first-order chi connectivity index (χ1) is 11.7. The Balaban J connectivity index is 1.87. The van der Waals surface area contributed by atoms with Crippen LogP contribution in [0.25, 0.3) is 0 Å². The van der Waals surface area contributed by atoms with Gasteiger partial charge < -0.3 is 15.2 Å². The fraction of sp³-hybridized carbons (Fsp3) is 0.333. The number of carbonyl (C=O) groups is 2. The molecule has 0 saturated heterocycles. The minimum absolute atomic E-state index is 0.128. The largest absolute Gasteiger partial charge is 0.465 e. The molecule has 128 valence electrons. The van der Waals surface area contributed by atoms with Crippen LogP contribution >= 0.6 is 11.3 Å². The number of esters is 1. The molecular weight excluding hydrogens is 326 g/mol. The highest BCUT2D eigenvalue weighted by molar-refractivity contribution is 7.07. The lowest BCUT2D eigenvalue weighted by Gasteiger charge is -2.15. The fourth-order valence-electron chi connectivity index (χ4n) is 2.48. The molecule has 0 radical (unpaired) electrons. The van der Waals surface area contributed by atoms with Crippen LogP contribution in [0.4, 0.5) is 0 Å². The molecule has 2 rings (SSSR count). The average Bonchev–Trinajstić information content (AvgIpc) is 3.14. The molecular formula is C18H21NO4S. The summed E-state index contributed by atoms with van der Waals surface area (Å²) >= 11 is 1.63. The summed E-state index contributed by atoms with van der Waals surface area (Å²) in [6, 6.07) is 8.40. The fourth-order valence-corrected chi connectivity index (χ4v) is 3.22. The number of hydrogen-bond acceptors (Lipinski definition) is 5. The second-order valence-electron chi connectivity index (χ2n) is 5.38. The molecule has 1 heterocycles. The van der Waals surface area contributed by atoms with E-state index in [1.54, 1.807) is 35.6 Å². The first kappa shape index (κ1) is 18.2. The molecule has 0 bridgehead atoms. The third kappa shape index (κ3) is 4.91. The summed E-state index contributed by atoms with van der Waals surface area (Å²) in [5, 5.41) is 16.2. The number of carbonyl (C=O) groups excluding carboxylic acids is 2. The van der Waals surface area contributed by atoms with Gasteiger partial charge in [-0.25, -0.2) is 4.79 Å². The van der Waals surface area contributed by atoms with Crippen LogP contribution in [0.5, 0.6) is 0 Å². The monoisotopic (exact) mass is 347 g/mol. The minimum atomic E-state index is -0.426. The molecule has 0 aliphatic carbocycles. The Labute approximate surface area is 145 Å². The Morgan fingerprint density at radius 2 is 1.88 bits per heavy atom. The summed E-state index contributed by atoms with van der Waals surface area (Å²) in [6.45, 7) is 0.654. The predicted molar refractivity (Wildman–Crippen MR) is 93.5 cm³/mol. The topological polar surface area (TPSA) is 75.6 Å². The standard InChI is InChI=1S/C18H21NO4S/c1-23-18(22)15-4-2-14(3-5-15)17(21)19-9-6-13(7-10-20)16-8-11-24-12-16/h2-5,8,11-13,20H,6-7,9-10H2,1H3,(H,19,21)/t13-/m0/s1. The van der Waals surface area contributed by atoms with Crippen LogP contribution in [-0.4, -0.2) is 37.2 Å². The number of thiophene rings is 1. The van der Waals surface area contributed by atoms with Gasteiger partial charge in [-0.1, -0.05) is 0 Å². The smallest absolute Gasteiger partial charge is 0.337 e. The Bertz CT molecular complexity index is 652. The first-order valence-corrected chi connectivity index (χ1v) is 8.69. The maximum atomic E-state index is 12.1. The molecule has 1 amide bonds. The number of aliphatic hydroxyl groups excluding tert-OH is 1. The van der Waals surface area contributed by atoms with Gasteiger partial charge in [-0.3, -0.25) is 4.79 Å². The number of ether oxygens (including phenoxy) is 1. The van der Waals surface area contributed by atoms with Gasteiger partial charge in [0, 0.05) is 18.7 Å². The number of hydrogen-bond donors (Lipinski definition) is 2. The van der Waals surface area contributed by atoms with Crippen molar-refractivity contribution in [2.45, 2.75) is 18.8 Å². The molecule has 0 fully saturated rings. The van der Waals surface area contributed by atoms with Crippen molar-refractivity contribution in [1.29, 1.82) is 0 Å². The van der Waals surface area contributed by atoms with Crippen LogP contribution in [0.3, 0.4) is 0 Å². The molecule has 1 aromatic heterocycles. The normalized spacial score (nSPS) is 11.8. The Hall–Kier alpha value is -2.18. The molecule has 24 heavy (non-hydrogen) atoms. The Morgan fingerprint density at radius 1 is 1.17 bits per heavy atom. The highest BCUT2D eigenvalue weighted by Crippen LogP contribution is 2.24. The first-order valence-electron chi connectivity index (χ1n) is 7.75. The van der Waals surface area contributed by atoms with Crippen molar-refractivity contribution in [2.24, 2.45) is 0 Å². The van der Waals surface area contributed by atoms with Gasteiger partial charge in [0.15, 0.2) is 0 Å². The third-order valence-corrected chi connectivity index (χ3v) is 4.54. The average molecular weight is 347 g/mol. The highest BCUT2D eigenvalue weighted by atomic mass is 32.1. The number of amides is 1. The van der Waals surface area contributed by atoms with Crippen molar-refractivity contribution in [3.63, 3.8) is 0 Å². The second kappa shape index (κ2) is 9.20. The van der Waals surface area contributed by atoms with Gasteiger partial charge in [0.2, 0.25) is 0 Å². The zero-order valence-corrected chi connectivity index (χ0v) is 14.3. The maximum Gasteiger partial charge on any atom is 0.337 e. The molecule has 2 aromatic rings. The van der Waals surface area contributed by atoms with Crippen molar-refractivity contribution in [1.82, 2.24) is 5.32 Å². The van der Waals surface area contributed by atoms with Crippen LogP contribution in [0.2, 0.25) is 0 Å². The zero-order chi connectivity index (χ0) is 17.4. The summed E-state index contributed by atoms with van der Waals surface area (Å²) in [7, 11) is 1.32. The number of rotatable bonds is 8. The van der Waals surface area contributed by atoms with Crippen LogP contribution in [-0.2, 0) is 4.74 Å². The van der Waals surface area contributed by atoms with Crippen LogP contribution in [0.15, 0.2) is 41.1 Å². The van der Waals surface area contributed by atoms with E-state index < -0.39 is 5.97 Å². The van der Waals surface area contributed by atoms with Crippen molar-refractivity contribution >= 4 is 23.2 Å². The molecule has 6 heteroatoms. The van der Waals surface area contributed by atoms with Gasteiger partial charge >= 0.3 is 5.97 Å². The van der Waals surface area contributed by atoms with E-state index in [-0.39, 0.29) is 18.4 Å². The molecule has 0 spiro atoms. The molecule has 0 saturated carbocycles. The molecule has 1 aromatic carbocycles. The van der Waals surface area contributed by atoms with Gasteiger partial charge in [0.1, 0.15) is 0 Å². The molecule has 5 nitrogen and oxygen atoms in total. The van der Waals surface area contributed by atoms with E-state index in [0.29, 0.717) is 24.1 Å². The Kier molecular flexibility index (Phi) is 6.96. The van der Waals surface area contributed by atoms with Crippen molar-refractivity contribution in [3.05, 3.63) is 57.8 Å². The van der Waals surface area contributed by atoms with E-state index in [0.717, 1.165) is 6.42 Å². The van der Waals surface area contributed by atoms with Crippen molar-refractivity contribution in [2.75, 3.05) is 20.3 Å². The SMILES string of the molecule is COC(=O)c1ccc(C(=O)NCC[C@@H](CCO)c2ccsc2)cc1. The molecule has 0 aliphatic rings. The summed E-state index contributed by atoms with van der Waals surface area (Å²) in [6.07, 6.45) is 1.45. The van der Waals surface area contributed by atoms with Gasteiger partial charge in [0.05, 0.1) is 12.7 Å². The lowest BCUT2D eigenvalue weighted by atomic mass is 9.95. The maximum absolute atomic E-state index is 12.1. The van der Waals surface area contributed by atoms with E-state index >= 15 is 0 Å². The molecule has 2 N–H and O–H groups in total. The van der Waals surface area contributed by atoms with E-state index in [1.807, 2.05) is 5.38 Å². The van der Waals surface area contributed by atoms with Crippen LogP contribution < -0.4 is 5.32 Å². The van der Waals surface area contributed by atoms with E-state index in [2.05, 4.69) is 21.5 Å². The van der Waals surface area contributed by atoms with Gasteiger partial charge in [-0.2, -0.15) is 11.3 Å². The number of methoxy groups -OCH3 is 1. The predicted octanol–water partition coefficient (Wildman–Crippen LogP) is 2.82. The van der Waals surface area contributed by atoms with Crippen LogP contribution in [0, 0.1) is 0 Å². The summed E-state index contributed by atoms with van der Waals surface area (Å²) in [5.41, 5.74) is 2.11. The van der Waals surface area contributed by atoms with Gasteiger partial charge in [0.25, 0.3) is 5.91 Å². The number of benzene rings is 1. The van der Waals surface area contributed by atoms with Crippen molar-refractivity contribution < 1.29 is 19.4 Å². The van der Waals surface area contributed by atoms with E-state index in [4.69, 9.17) is 0 Å². The lowest BCUT2D eigenvalue weighted by Crippen LogP contribution is -2.25. The van der Waals surface area contributed by atoms with Gasteiger partial charge in [-0.05, 0) is 65.4 Å². The molecule has 1 atom stereocenters. The number of aliphatic hydroxyl groups is 1. The van der Waals surface area contributed by atoms with E-state index in [1.165, 1.54) is 12.7 Å². The third-order valence-electron chi connectivity index (χ3n) is 3.84. The summed E-state index contributed by atoms with van der Waals surface area (Å²) in [4.78, 5) is 23.5. The van der Waals surface area contributed by atoms with Crippen LogP contribution in [0.1, 0.15) is 45.0 Å². The summed E-state index contributed by atoms with van der Waals surface area (Å²) in [5.74, 6) is -0.368. The summed E-state index contributed by atoms with van der Waals surface area (Å²) < 4.78 is 4.63. The molecule has 0 unspecified atom stereocenters. The lowest BCUT2D eigenvalue weighted by molar-refractivity contribution is 0.0600. The molecule has 0 aliphatic heterocycles. The zero-order valence-electron chi connectivity index (χ0n) is 13.5. The van der Waals surface area contributed by atoms with Gasteiger partial charge in [-0.15, -0.1) is 0 Å². The minimum Gasteiger partial charge on any atom is -0.465 e.